The van der Waals surface area contributed by atoms with Gasteiger partial charge in [-0.3, -0.25) is 16.0 Å². The summed E-state index contributed by atoms with van der Waals surface area (Å²) in [7, 11) is -2.49. The topological polar surface area (TPSA) is 119 Å². The number of nitrogens with two attached hydrogens (primary N) is 1. The van der Waals surface area contributed by atoms with Crippen molar-refractivity contribution < 1.29 is 13.3 Å². The molecule has 0 spiro atoms. The molecule has 0 aromatic heterocycles. The van der Waals surface area contributed by atoms with Crippen LogP contribution in [0.25, 0.3) is 0 Å². The number of thioether (sulfide) groups is 1. The second kappa shape index (κ2) is 6.18. The Kier molecular flexibility index (Phi) is 4.71. The van der Waals surface area contributed by atoms with E-state index in [9.17, 15) is 18.5 Å². The normalized spacial score (nSPS) is 18.9. The molecular weight excluding hydrogens is 316 g/mol. The maximum atomic E-state index is 12.7. The van der Waals surface area contributed by atoms with E-state index in [0.717, 1.165) is 18.2 Å². The molecule has 0 bridgehead atoms. The number of nitro groups is 1. The van der Waals surface area contributed by atoms with Gasteiger partial charge >= 0.3 is 0 Å². The summed E-state index contributed by atoms with van der Waals surface area (Å²) in [6.07, 6.45) is 0.739. The summed E-state index contributed by atoms with van der Waals surface area (Å²) in [6.45, 7) is 0. The Morgan fingerprint density at radius 3 is 2.76 bits per heavy atom. The molecule has 1 fully saturated rings. The maximum absolute atomic E-state index is 12.7. The summed E-state index contributed by atoms with van der Waals surface area (Å²) >= 11 is 1.67. The molecule has 1 aliphatic rings. The summed E-state index contributed by atoms with van der Waals surface area (Å²) < 4.78 is 26.5. The van der Waals surface area contributed by atoms with Gasteiger partial charge in [0.15, 0.2) is 4.90 Å². The van der Waals surface area contributed by atoms with Gasteiger partial charge in [-0.15, -0.1) is 0 Å². The van der Waals surface area contributed by atoms with Crippen LogP contribution < -0.4 is 11.3 Å². The quantitative estimate of drug-likeness (QED) is 0.469. The van der Waals surface area contributed by atoms with Gasteiger partial charge in [-0.05, 0) is 24.3 Å². The number of nitrogen functional groups attached to an aromatic ring is 1. The molecule has 0 radical (unpaired) electrons. The van der Waals surface area contributed by atoms with E-state index in [2.05, 4.69) is 5.43 Å². The third-order valence-electron chi connectivity index (χ3n) is 3.40. The molecule has 0 amide bonds. The van der Waals surface area contributed by atoms with E-state index < -0.39 is 20.6 Å². The highest BCUT2D eigenvalue weighted by Gasteiger charge is 2.35. The minimum atomic E-state index is -3.95. The first-order chi connectivity index (χ1) is 9.87. The first-order valence-electron chi connectivity index (χ1n) is 6.18. The van der Waals surface area contributed by atoms with Gasteiger partial charge in [0.25, 0.3) is 5.69 Å². The van der Waals surface area contributed by atoms with Crippen molar-refractivity contribution in [3.63, 3.8) is 0 Å². The predicted molar refractivity (Wildman–Crippen MR) is 81.6 cm³/mol. The van der Waals surface area contributed by atoms with Crippen LogP contribution in [0.2, 0.25) is 0 Å². The van der Waals surface area contributed by atoms with E-state index in [1.807, 2.05) is 0 Å². The minimum Gasteiger partial charge on any atom is -0.324 e. The maximum Gasteiger partial charge on any atom is 0.289 e. The summed E-state index contributed by atoms with van der Waals surface area (Å²) in [5, 5.41) is 11.1. The molecule has 8 nitrogen and oxygen atoms in total. The summed E-state index contributed by atoms with van der Waals surface area (Å²) in [6, 6.07) is 3.54. The van der Waals surface area contributed by atoms with Crippen molar-refractivity contribution in [2.75, 3.05) is 24.0 Å². The minimum absolute atomic E-state index is 0.144. The van der Waals surface area contributed by atoms with Crippen LogP contribution in [0.5, 0.6) is 0 Å². The number of hydrazine groups is 1. The van der Waals surface area contributed by atoms with Crippen molar-refractivity contribution in [2.24, 2.45) is 5.84 Å². The number of rotatable bonds is 5. The van der Waals surface area contributed by atoms with E-state index in [4.69, 9.17) is 5.84 Å². The van der Waals surface area contributed by atoms with Gasteiger partial charge in [0.05, 0.1) is 10.6 Å². The zero-order valence-corrected chi connectivity index (χ0v) is 13.0. The van der Waals surface area contributed by atoms with Crippen LogP contribution in [0, 0.1) is 10.1 Å². The fourth-order valence-electron chi connectivity index (χ4n) is 2.12. The fourth-order valence-corrected chi connectivity index (χ4v) is 5.05. The van der Waals surface area contributed by atoms with Crippen LogP contribution in [-0.2, 0) is 10.0 Å². The average molecular weight is 332 g/mol. The molecule has 0 saturated carbocycles. The van der Waals surface area contributed by atoms with Crippen molar-refractivity contribution >= 4 is 33.2 Å². The lowest BCUT2D eigenvalue weighted by molar-refractivity contribution is -0.387. The van der Waals surface area contributed by atoms with E-state index >= 15 is 0 Å². The van der Waals surface area contributed by atoms with E-state index in [-0.39, 0.29) is 10.9 Å². The number of nitrogens with zero attached hydrogens (tertiary/aromatic N) is 2. The summed E-state index contributed by atoms with van der Waals surface area (Å²) in [4.78, 5) is 10.0. The molecule has 1 saturated heterocycles. The molecule has 1 aromatic rings. The number of hydrogen-bond donors (Lipinski definition) is 2. The highest BCUT2D eigenvalue weighted by atomic mass is 32.2. The van der Waals surface area contributed by atoms with Gasteiger partial charge in [0.1, 0.15) is 0 Å². The van der Waals surface area contributed by atoms with Crippen LogP contribution in [0.1, 0.15) is 6.42 Å². The molecule has 1 unspecified atom stereocenters. The molecular formula is C11H16N4O4S2. The predicted octanol–water partition coefficient (Wildman–Crippen LogP) is 1.01. The molecule has 1 aromatic carbocycles. The number of hydrogen-bond acceptors (Lipinski definition) is 7. The number of benzene rings is 1. The van der Waals surface area contributed by atoms with Gasteiger partial charge in [-0.2, -0.15) is 16.1 Å². The van der Waals surface area contributed by atoms with Crippen LogP contribution in [-0.4, -0.2) is 42.2 Å². The second-order valence-electron chi connectivity index (χ2n) is 4.62. The monoisotopic (exact) mass is 332 g/mol. The van der Waals surface area contributed by atoms with Crippen molar-refractivity contribution in [3.05, 3.63) is 28.3 Å². The van der Waals surface area contributed by atoms with Crippen LogP contribution in [0.4, 0.5) is 11.4 Å². The number of nitro benzene ring substituents is 1. The molecule has 21 heavy (non-hydrogen) atoms. The number of sulfonamides is 1. The van der Waals surface area contributed by atoms with Crippen molar-refractivity contribution in [1.82, 2.24) is 4.31 Å². The third-order valence-corrected chi connectivity index (χ3v) is 6.48. The van der Waals surface area contributed by atoms with Crippen LogP contribution in [0.3, 0.4) is 0 Å². The van der Waals surface area contributed by atoms with E-state index in [0.29, 0.717) is 11.4 Å². The highest BCUT2D eigenvalue weighted by molar-refractivity contribution is 7.99. The SMILES string of the molecule is CN(C1CCSC1)S(=O)(=O)c1cc(NN)ccc1[N+](=O)[O-]. The lowest BCUT2D eigenvalue weighted by atomic mass is 10.3. The summed E-state index contributed by atoms with van der Waals surface area (Å²) in [5.74, 6) is 6.83. The van der Waals surface area contributed by atoms with Crippen LogP contribution in [0.15, 0.2) is 23.1 Å². The molecule has 3 N–H and O–H groups in total. The zero-order chi connectivity index (χ0) is 15.6. The lowest BCUT2D eigenvalue weighted by Crippen LogP contribution is -2.37. The molecule has 0 aliphatic carbocycles. The standard InChI is InChI=1S/C11H16N4O4S2/c1-14(9-4-5-20-7-9)21(18,19)11-6-8(13-12)2-3-10(11)15(16)17/h2-3,6,9,13H,4-5,7,12H2,1H3. The Bertz CT molecular complexity index is 644. The Morgan fingerprint density at radius 1 is 1.52 bits per heavy atom. The van der Waals surface area contributed by atoms with Gasteiger partial charge in [-0.25, -0.2) is 8.42 Å². The van der Waals surface area contributed by atoms with Gasteiger partial charge < -0.3 is 5.43 Å². The highest BCUT2D eigenvalue weighted by Crippen LogP contribution is 2.32. The second-order valence-corrected chi connectivity index (χ2v) is 7.74. The van der Waals surface area contributed by atoms with Crippen molar-refractivity contribution in [3.8, 4) is 0 Å². The molecule has 116 valence electrons. The Balaban J connectivity index is 2.49. The molecule has 1 aliphatic heterocycles. The smallest absolute Gasteiger partial charge is 0.289 e. The average Bonchev–Trinajstić information content (AvgIpc) is 2.99. The molecule has 10 heteroatoms. The molecule has 2 rings (SSSR count). The van der Waals surface area contributed by atoms with Gasteiger partial charge in [0, 0.05) is 24.9 Å². The number of anilines is 1. The summed E-state index contributed by atoms with van der Waals surface area (Å²) in [5.41, 5.74) is 2.15. The third kappa shape index (κ3) is 3.12. The Morgan fingerprint density at radius 2 is 2.24 bits per heavy atom. The zero-order valence-electron chi connectivity index (χ0n) is 11.4. The Labute approximate surface area is 126 Å². The van der Waals surface area contributed by atoms with Crippen molar-refractivity contribution in [2.45, 2.75) is 17.4 Å². The number of nitrogens with one attached hydrogen (secondary N) is 1. The van der Waals surface area contributed by atoms with Crippen LogP contribution >= 0.6 is 11.8 Å². The van der Waals surface area contributed by atoms with Gasteiger partial charge in [0.2, 0.25) is 10.0 Å². The molecule has 1 atom stereocenters. The first-order valence-corrected chi connectivity index (χ1v) is 8.78. The lowest BCUT2D eigenvalue weighted by Gasteiger charge is -2.23. The molecule has 1 heterocycles. The van der Waals surface area contributed by atoms with Crippen molar-refractivity contribution in [1.29, 1.82) is 0 Å². The Hall–Kier alpha value is -1.36. The largest absolute Gasteiger partial charge is 0.324 e. The van der Waals surface area contributed by atoms with E-state index in [1.165, 1.54) is 23.5 Å². The van der Waals surface area contributed by atoms with E-state index in [1.54, 1.807) is 11.8 Å². The first kappa shape index (κ1) is 16.0. The van der Waals surface area contributed by atoms with Gasteiger partial charge in [-0.1, -0.05) is 0 Å². The fraction of sp³-hybridized carbons (Fsp3) is 0.455.